The first kappa shape index (κ1) is 28.4. The number of carbonyl (C=O) groups is 1. The fourth-order valence-electron chi connectivity index (χ4n) is 4.67. The van der Waals surface area contributed by atoms with Crippen molar-refractivity contribution in [2.45, 2.75) is 116 Å². The highest BCUT2D eigenvalue weighted by molar-refractivity contribution is 8.02. The molecule has 0 radical (unpaired) electrons. The Bertz CT molecular complexity index is 518. The topological polar surface area (TPSA) is 50.8 Å². The molecule has 1 saturated heterocycles. The average molecular weight is 483 g/mol. The van der Waals surface area contributed by atoms with E-state index in [4.69, 9.17) is 9.47 Å². The van der Waals surface area contributed by atoms with Crippen LogP contribution in [0.5, 0.6) is 0 Å². The maximum absolute atomic E-state index is 11.9. The quantitative estimate of drug-likeness (QED) is 0.182. The van der Waals surface area contributed by atoms with Crippen molar-refractivity contribution >= 4 is 17.9 Å². The van der Waals surface area contributed by atoms with Gasteiger partial charge in [0.2, 0.25) is 0 Å². The van der Waals surface area contributed by atoms with E-state index in [9.17, 15) is 4.79 Å². The first-order chi connectivity index (χ1) is 16.3. The number of nitrogens with one attached hydrogen (secondary N) is 1. The standard InChI is InChI=1S/C27H50N2O3S/c1-2-3-4-5-6-7-8-9-10-11-12-13-16-25-21-26(31-22-25)23-32-27(30)28-17-14-15-18-29-19-20-33-24-29/h19-20,25-26H,2-18,21-24H2,1H3,(H,28,30). The van der Waals surface area contributed by atoms with Crippen LogP contribution in [0.25, 0.3) is 0 Å². The molecule has 0 aliphatic carbocycles. The number of hydrogen-bond donors (Lipinski definition) is 1. The Morgan fingerprint density at radius 1 is 1.00 bits per heavy atom. The van der Waals surface area contributed by atoms with Gasteiger partial charge in [-0.25, -0.2) is 4.79 Å². The Morgan fingerprint density at radius 2 is 1.70 bits per heavy atom. The molecule has 1 N–H and O–H groups in total. The molecule has 0 saturated carbocycles. The predicted molar refractivity (Wildman–Crippen MR) is 140 cm³/mol. The molecule has 2 unspecified atom stereocenters. The molecular weight excluding hydrogens is 432 g/mol. The molecule has 33 heavy (non-hydrogen) atoms. The SMILES string of the molecule is CCCCCCCCCCCCCCC1COC(COC(=O)NCCCCN2C=CSC2)C1. The van der Waals surface area contributed by atoms with Crippen LogP contribution in [0.4, 0.5) is 4.79 Å². The van der Waals surface area contributed by atoms with E-state index in [-0.39, 0.29) is 12.2 Å². The first-order valence-corrected chi connectivity index (χ1v) is 14.9. The van der Waals surface area contributed by atoms with Crippen LogP contribution in [-0.4, -0.2) is 49.3 Å². The minimum atomic E-state index is -0.306. The van der Waals surface area contributed by atoms with E-state index in [1.54, 1.807) is 0 Å². The number of nitrogens with zero attached hydrogens (tertiary/aromatic N) is 1. The molecule has 6 heteroatoms. The average Bonchev–Trinajstić information content (AvgIpc) is 3.50. The van der Waals surface area contributed by atoms with Gasteiger partial charge in [-0.2, -0.15) is 0 Å². The van der Waals surface area contributed by atoms with Crippen molar-refractivity contribution in [3.8, 4) is 0 Å². The van der Waals surface area contributed by atoms with Gasteiger partial charge in [-0.15, -0.1) is 11.8 Å². The lowest BCUT2D eigenvalue weighted by atomic mass is 9.97. The second-order valence-corrected chi connectivity index (χ2v) is 10.7. The molecule has 1 amide bonds. The summed E-state index contributed by atoms with van der Waals surface area (Å²) in [5.41, 5.74) is 0. The van der Waals surface area contributed by atoms with E-state index in [0.29, 0.717) is 19.1 Å². The highest BCUT2D eigenvalue weighted by atomic mass is 32.2. The van der Waals surface area contributed by atoms with E-state index >= 15 is 0 Å². The molecule has 2 aliphatic heterocycles. The second kappa shape index (κ2) is 19.4. The minimum Gasteiger partial charge on any atom is -0.447 e. The molecular formula is C27H50N2O3S. The Balaban J connectivity index is 1.32. The lowest BCUT2D eigenvalue weighted by Gasteiger charge is -2.14. The maximum Gasteiger partial charge on any atom is 0.407 e. The van der Waals surface area contributed by atoms with Gasteiger partial charge in [0.25, 0.3) is 0 Å². The van der Waals surface area contributed by atoms with Gasteiger partial charge >= 0.3 is 6.09 Å². The molecule has 0 aromatic rings. The number of thioether (sulfide) groups is 1. The van der Waals surface area contributed by atoms with Crippen LogP contribution < -0.4 is 5.32 Å². The summed E-state index contributed by atoms with van der Waals surface area (Å²) in [5.74, 6) is 1.69. The fourth-order valence-corrected chi connectivity index (χ4v) is 5.42. The van der Waals surface area contributed by atoms with Crippen molar-refractivity contribution in [2.75, 3.05) is 32.2 Å². The van der Waals surface area contributed by atoms with Gasteiger partial charge in [0.05, 0.1) is 18.6 Å². The number of unbranched alkanes of at least 4 members (excludes halogenated alkanes) is 12. The van der Waals surface area contributed by atoms with Crippen molar-refractivity contribution in [1.29, 1.82) is 0 Å². The molecule has 2 heterocycles. The number of amides is 1. The van der Waals surface area contributed by atoms with Gasteiger partial charge in [0.15, 0.2) is 0 Å². The third-order valence-electron chi connectivity index (χ3n) is 6.78. The minimum absolute atomic E-state index is 0.0810. The lowest BCUT2D eigenvalue weighted by Crippen LogP contribution is -2.29. The van der Waals surface area contributed by atoms with Crippen LogP contribution in [0.2, 0.25) is 0 Å². The van der Waals surface area contributed by atoms with Crippen molar-refractivity contribution < 1.29 is 14.3 Å². The van der Waals surface area contributed by atoms with E-state index in [0.717, 1.165) is 38.3 Å². The molecule has 0 spiro atoms. The van der Waals surface area contributed by atoms with E-state index in [1.807, 2.05) is 11.8 Å². The number of ether oxygens (including phenoxy) is 2. The molecule has 2 rings (SSSR count). The largest absolute Gasteiger partial charge is 0.447 e. The van der Waals surface area contributed by atoms with E-state index in [1.165, 1.54) is 83.5 Å². The van der Waals surface area contributed by atoms with Crippen molar-refractivity contribution in [1.82, 2.24) is 10.2 Å². The summed E-state index contributed by atoms with van der Waals surface area (Å²) in [6, 6.07) is 0. The summed E-state index contributed by atoms with van der Waals surface area (Å²) in [6.07, 6.45) is 23.0. The zero-order valence-electron chi connectivity index (χ0n) is 21.2. The number of carbonyl (C=O) groups excluding carboxylic acids is 1. The summed E-state index contributed by atoms with van der Waals surface area (Å²) in [7, 11) is 0. The Hall–Kier alpha value is -0.880. The molecule has 0 bridgehead atoms. The smallest absolute Gasteiger partial charge is 0.407 e. The molecule has 0 aromatic carbocycles. The molecule has 2 aliphatic rings. The maximum atomic E-state index is 11.9. The molecule has 1 fully saturated rings. The number of hydrogen-bond acceptors (Lipinski definition) is 5. The zero-order chi connectivity index (χ0) is 23.4. The van der Waals surface area contributed by atoms with Crippen molar-refractivity contribution in [2.24, 2.45) is 5.92 Å². The fraction of sp³-hybridized carbons (Fsp3) is 0.889. The monoisotopic (exact) mass is 482 g/mol. The van der Waals surface area contributed by atoms with Gasteiger partial charge < -0.3 is 19.7 Å². The van der Waals surface area contributed by atoms with Crippen LogP contribution in [0.15, 0.2) is 11.6 Å². The Kier molecular flexibility index (Phi) is 16.7. The molecule has 0 aromatic heterocycles. The second-order valence-electron chi connectivity index (χ2n) is 9.86. The van der Waals surface area contributed by atoms with Gasteiger partial charge in [0.1, 0.15) is 6.61 Å². The van der Waals surface area contributed by atoms with Gasteiger partial charge in [0, 0.05) is 19.3 Å². The highest BCUT2D eigenvalue weighted by Crippen LogP contribution is 2.25. The van der Waals surface area contributed by atoms with Crippen molar-refractivity contribution in [3.63, 3.8) is 0 Å². The van der Waals surface area contributed by atoms with Crippen LogP contribution in [-0.2, 0) is 9.47 Å². The van der Waals surface area contributed by atoms with Gasteiger partial charge in [-0.05, 0) is 37.0 Å². The number of alkyl carbamates (subject to hydrolysis) is 1. The van der Waals surface area contributed by atoms with Gasteiger partial charge in [-0.1, -0.05) is 84.0 Å². The zero-order valence-corrected chi connectivity index (χ0v) is 22.1. The van der Waals surface area contributed by atoms with Crippen molar-refractivity contribution in [3.05, 3.63) is 11.6 Å². The first-order valence-electron chi connectivity index (χ1n) is 13.8. The normalized spacial score (nSPS) is 20.0. The third kappa shape index (κ3) is 14.9. The summed E-state index contributed by atoms with van der Waals surface area (Å²) in [4.78, 5) is 14.2. The third-order valence-corrected chi connectivity index (χ3v) is 7.57. The summed E-state index contributed by atoms with van der Waals surface area (Å²) in [5, 5.41) is 4.99. The van der Waals surface area contributed by atoms with E-state index in [2.05, 4.69) is 28.7 Å². The van der Waals surface area contributed by atoms with Crippen LogP contribution in [0.3, 0.4) is 0 Å². The Labute approximate surface area is 207 Å². The van der Waals surface area contributed by atoms with E-state index < -0.39 is 0 Å². The summed E-state index contributed by atoms with van der Waals surface area (Å²) >= 11 is 1.82. The van der Waals surface area contributed by atoms with Crippen LogP contribution in [0, 0.1) is 5.92 Å². The Morgan fingerprint density at radius 3 is 2.36 bits per heavy atom. The number of rotatable bonds is 20. The highest BCUT2D eigenvalue weighted by Gasteiger charge is 2.26. The lowest BCUT2D eigenvalue weighted by molar-refractivity contribution is 0.0425. The predicted octanol–water partition coefficient (Wildman–Crippen LogP) is 7.47. The summed E-state index contributed by atoms with van der Waals surface area (Å²) in [6.45, 7) is 5.23. The molecule has 5 nitrogen and oxygen atoms in total. The van der Waals surface area contributed by atoms with Gasteiger partial charge in [-0.3, -0.25) is 0 Å². The molecule has 192 valence electrons. The molecule has 2 atom stereocenters. The summed E-state index contributed by atoms with van der Waals surface area (Å²) < 4.78 is 11.2. The van der Waals surface area contributed by atoms with Crippen LogP contribution in [0.1, 0.15) is 110 Å². The van der Waals surface area contributed by atoms with Crippen LogP contribution >= 0.6 is 11.8 Å².